The molecule has 0 radical (unpaired) electrons. The van der Waals surface area contributed by atoms with Gasteiger partial charge in [0.1, 0.15) is 0 Å². The second-order valence-electron chi connectivity index (χ2n) is 6.49. The van der Waals surface area contributed by atoms with Crippen LogP contribution in [0.3, 0.4) is 0 Å². The number of benzene rings is 1. The van der Waals surface area contributed by atoms with Gasteiger partial charge in [0.15, 0.2) is 11.7 Å². The monoisotopic (exact) mass is 357 g/mol. The topological polar surface area (TPSA) is 51.5 Å². The number of carbonyl (C=O) groups is 1. The summed E-state index contributed by atoms with van der Waals surface area (Å²) < 4.78 is 0. The minimum Gasteiger partial charge on any atom is -0.350 e. The normalized spacial score (nSPS) is 22.6. The Hall–Kier alpha value is -2.34. The van der Waals surface area contributed by atoms with Crippen LogP contribution in [0.5, 0.6) is 0 Å². The van der Waals surface area contributed by atoms with Crippen molar-refractivity contribution in [1.82, 2.24) is 14.7 Å². The van der Waals surface area contributed by atoms with Crippen LogP contribution in [0.4, 0.5) is 0 Å². The van der Waals surface area contributed by atoms with Gasteiger partial charge in [-0.3, -0.25) is 9.79 Å². The molecule has 1 aromatic carbocycles. The highest BCUT2D eigenvalue weighted by molar-refractivity contribution is 6.41. The Morgan fingerprint density at radius 3 is 2.76 bits per heavy atom. The Morgan fingerprint density at radius 1 is 1.20 bits per heavy atom. The third kappa shape index (κ3) is 3.14. The number of halogens is 1. The van der Waals surface area contributed by atoms with Crippen molar-refractivity contribution in [3.8, 4) is 0 Å². The summed E-state index contributed by atoms with van der Waals surface area (Å²) >= 11 is 6.00. The van der Waals surface area contributed by atoms with E-state index >= 15 is 0 Å². The van der Waals surface area contributed by atoms with E-state index in [4.69, 9.17) is 16.6 Å². The molecule has 7 heteroatoms. The molecule has 1 aromatic rings. The Balaban J connectivity index is 1.43. The summed E-state index contributed by atoms with van der Waals surface area (Å²) in [5, 5.41) is 0.585. The molecule has 6 nitrogen and oxygen atoms in total. The predicted molar refractivity (Wildman–Crippen MR) is 99.1 cm³/mol. The van der Waals surface area contributed by atoms with E-state index in [1.165, 1.54) is 0 Å². The highest BCUT2D eigenvalue weighted by Crippen LogP contribution is 2.18. The Morgan fingerprint density at radius 2 is 2.00 bits per heavy atom. The van der Waals surface area contributed by atoms with Gasteiger partial charge < -0.3 is 14.7 Å². The highest BCUT2D eigenvalue weighted by atomic mass is 35.5. The number of fused-ring (bicyclic) bond motifs is 1. The lowest BCUT2D eigenvalue weighted by Gasteiger charge is -2.37. The van der Waals surface area contributed by atoms with Crippen molar-refractivity contribution >= 4 is 29.2 Å². The molecule has 3 aliphatic rings. The Labute approximate surface area is 152 Å². The number of hydrogen-bond acceptors (Lipinski definition) is 5. The quantitative estimate of drug-likeness (QED) is 0.773. The van der Waals surface area contributed by atoms with Gasteiger partial charge in [-0.1, -0.05) is 17.7 Å². The predicted octanol–water partition coefficient (Wildman–Crippen LogP) is 2.08. The highest BCUT2D eigenvalue weighted by Gasteiger charge is 2.32. The maximum Gasteiger partial charge on any atom is 0.254 e. The summed E-state index contributed by atoms with van der Waals surface area (Å²) in [5.41, 5.74) is 0.638. The van der Waals surface area contributed by atoms with Crippen LogP contribution in [0, 0.1) is 0 Å². The average molecular weight is 358 g/mol. The summed E-state index contributed by atoms with van der Waals surface area (Å²) in [5.74, 6) is 1.90. The van der Waals surface area contributed by atoms with Crippen LogP contribution >= 0.6 is 11.6 Å². The van der Waals surface area contributed by atoms with E-state index in [0.717, 1.165) is 31.3 Å². The molecule has 0 aromatic heterocycles. The molecule has 0 N–H and O–H groups in total. The van der Waals surface area contributed by atoms with Gasteiger partial charge in [0.05, 0.1) is 6.04 Å². The van der Waals surface area contributed by atoms with Crippen LogP contribution in [0.15, 0.2) is 46.7 Å². The van der Waals surface area contributed by atoms with Crippen LogP contribution in [-0.4, -0.2) is 71.0 Å². The maximum absolute atomic E-state index is 12.6. The van der Waals surface area contributed by atoms with Crippen LogP contribution in [0.1, 0.15) is 17.3 Å². The van der Waals surface area contributed by atoms with Gasteiger partial charge in [0, 0.05) is 55.7 Å². The van der Waals surface area contributed by atoms with Gasteiger partial charge in [-0.05, 0) is 25.1 Å². The first-order chi connectivity index (χ1) is 12.1. The fraction of sp³-hybridized carbons (Fsp3) is 0.389. The lowest BCUT2D eigenvalue weighted by molar-refractivity contribution is 0.0692. The van der Waals surface area contributed by atoms with Gasteiger partial charge in [0.25, 0.3) is 5.91 Å². The van der Waals surface area contributed by atoms with E-state index in [0.29, 0.717) is 23.7 Å². The number of rotatable bonds is 1. The molecular weight excluding hydrogens is 338 g/mol. The number of hydrogen-bond donors (Lipinski definition) is 0. The first-order valence-corrected chi connectivity index (χ1v) is 8.89. The van der Waals surface area contributed by atoms with E-state index in [1.54, 1.807) is 12.1 Å². The molecule has 130 valence electrons. The van der Waals surface area contributed by atoms with E-state index in [2.05, 4.69) is 21.7 Å². The van der Waals surface area contributed by atoms with Crippen LogP contribution in [0.2, 0.25) is 5.02 Å². The van der Waals surface area contributed by atoms with Crippen molar-refractivity contribution in [3.63, 3.8) is 0 Å². The molecule has 1 unspecified atom stereocenters. The molecule has 1 amide bonds. The van der Waals surface area contributed by atoms with Crippen molar-refractivity contribution < 1.29 is 4.79 Å². The van der Waals surface area contributed by atoms with Crippen molar-refractivity contribution in [2.24, 2.45) is 9.98 Å². The van der Waals surface area contributed by atoms with E-state index in [1.807, 2.05) is 29.4 Å². The molecule has 0 aliphatic carbocycles. The molecular formula is C18H20ClN5O. The van der Waals surface area contributed by atoms with Gasteiger partial charge in [0.2, 0.25) is 0 Å². The van der Waals surface area contributed by atoms with Crippen LogP contribution in [0.25, 0.3) is 0 Å². The largest absolute Gasteiger partial charge is 0.350 e. The molecule has 4 rings (SSSR count). The van der Waals surface area contributed by atoms with Crippen molar-refractivity contribution in [2.45, 2.75) is 13.0 Å². The number of amidine groups is 2. The first kappa shape index (κ1) is 16.1. The zero-order chi connectivity index (χ0) is 17.4. The van der Waals surface area contributed by atoms with Crippen molar-refractivity contribution in [1.29, 1.82) is 0 Å². The number of amides is 1. The van der Waals surface area contributed by atoms with E-state index < -0.39 is 0 Å². The second kappa shape index (κ2) is 6.52. The zero-order valence-electron chi connectivity index (χ0n) is 14.1. The SMILES string of the molecule is CC1CN2C=CN=C(N3CCN(C(=O)c4cccc(Cl)c4)CC3)C2=N1. The zero-order valence-corrected chi connectivity index (χ0v) is 14.9. The fourth-order valence-corrected chi connectivity index (χ4v) is 3.59. The maximum atomic E-state index is 12.6. The van der Waals surface area contributed by atoms with Crippen molar-refractivity contribution in [2.75, 3.05) is 32.7 Å². The van der Waals surface area contributed by atoms with Crippen molar-refractivity contribution in [3.05, 3.63) is 47.3 Å². The lowest BCUT2D eigenvalue weighted by atomic mass is 10.2. The van der Waals surface area contributed by atoms with Gasteiger partial charge >= 0.3 is 0 Å². The first-order valence-electron chi connectivity index (χ1n) is 8.51. The molecule has 0 bridgehead atoms. The summed E-state index contributed by atoms with van der Waals surface area (Å²) in [7, 11) is 0. The van der Waals surface area contributed by atoms with Gasteiger partial charge in [-0.25, -0.2) is 4.99 Å². The summed E-state index contributed by atoms with van der Waals surface area (Å²) in [6, 6.07) is 7.40. The molecule has 25 heavy (non-hydrogen) atoms. The minimum atomic E-state index is 0.0288. The second-order valence-corrected chi connectivity index (χ2v) is 6.93. The molecule has 1 atom stereocenters. The number of aliphatic imine (C=N–C) groups is 2. The average Bonchev–Trinajstić information content (AvgIpc) is 3.01. The van der Waals surface area contributed by atoms with Crippen LogP contribution < -0.4 is 0 Å². The summed E-state index contributed by atoms with van der Waals surface area (Å²) in [4.78, 5) is 28.1. The number of piperazine rings is 1. The molecule has 3 aliphatic heterocycles. The number of nitrogens with zero attached hydrogens (tertiary/aromatic N) is 5. The molecule has 0 spiro atoms. The Bertz CT molecular complexity index is 779. The van der Waals surface area contributed by atoms with E-state index in [9.17, 15) is 4.79 Å². The Kier molecular flexibility index (Phi) is 4.21. The molecule has 1 saturated heterocycles. The standard InChI is InChI=1S/C18H20ClN5O/c1-13-12-24-6-5-20-16(17(24)21-13)22-7-9-23(10-8-22)18(25)14-3-2-4-15(19)11-14/h2-6,11,13H,7-10,12H2,1H3. The molecule has 0 saturated carbocycles. The smallest absolute Gasteiger partial charge is 0.254 e. The summed E-state index contributed by atoms with van der Waals surface area (Å²) in [6.45, 7) is 5.84. The number of carbonyl (C=O) groups excluding carboxylic acids is 1. The lowest BCUT2D eigenvalue weighted by Crippen LogP contribution is -2.53. The van der Waals surface area contributed by atoms with Gasteiger partial charge in [-0.15, -0.1) is 0 Å². The third-order valence-corrected chi connectivity index (χ3v) is 4.89. The fourth-order valence-electron chi connectivity index (χ4n) is 3.40. The van der Waals surface area contributed by atoms with Crippen LogP contribution in [-0.2, 0) is 0 Å². The molecule has 3 heterocycles. The summed E-state index contributed by atoms with van der Waals surface area (Å²) in [6.07, 6.45) is 3.81. The minimum absolute atomic E-state index is 0.0288. The van der Waals surface area contributed by atoms with Gasteiger partial charge in [-0.2, -0.15) is 0 Å². The molecule has 1 fully saturated rings. The third-order valence-electron chi connectivity index (χ3n) is 4.66. The van der Waals surface area contributed by atoms with E-state index in [-0.39, 0.29) is 11.9 Å².